The number of rotatable bonds is 3. The largest absolute Gasteiger partial charge is 0.480 e. The van der Waals surface area contributed by atoms with Crippen molar-refractivity contribution in [2.75, 3.05) is 13.1 Å². The summed E-state index contributed by atoms with van der Waals surface area (Å²) >= 11 is 0. The molecular weight excluding hydrogens is 218 g/mol. The molecule has 0 spiro atoms. The van der Waals surface area contributed by atoms with Gasteiger partial charge in [-0.3, -0.25) is 14.4 Å². The van der Waals surface area contributed by atoms with Gasteiger partial charge in [-0.1, -0.05) is 0 Å². The number of piperidine rings is 1. The molecule has 94 valence electrons. The zero-order chi connectivity index (χ0) is 12.4. The van der Waals surface area contributed by atoms with Crippen LogP contribution in [0.3, 0.4) is 0 Å². The molecule has 0 amide bonds. The van der Waals surface area contributed by atoms with Crippen molar-refractivity contribution < 1.29 is 9.90 Å². The van der Waals surface area contributed by atoms with Crippen molar-refractivity contribution in [1.29, 1.82) is 0 Å². The number of hydrogen-bond donors (Lipinski definition) is 1. The molecule has 1 N–H and O–H groups in total. The van der Waals surface area contributed by atoms with Gasteiger partial charge in [0.05, 0.1) is 5.69 Å². The molecule has 0 aliphatic carbocycles. The van der Waals surface area contributed by atoms with Crippen LogP contribution in [0.2, 0.25) is 0 Å². The Labute approximate surface area is 101 Å². The third-order valence-corrected chi connectivity index (χ3v) is 3.51. The minimum atomic E-state index is -0.744. The van der Waals surface area contributed by atoms with Gasteiger partial charge in [-0.15, -0.1) is 0 Å². The lowest BCUT2D eigenvalue weighted by Crippen LogP contribution is -2.44. The van der Waals surface area contributed by atoms with E-state index in [0.717, 1.165) is 31.6 Å². The highest BCUT2D eigenvalue weighted by atomic mass is 16.4. The van der Waals surface area contributed by atoms with Gasteiger partial charge in [0, 0.05) is 25.7 Å². The molecule has 0 aromatic carbocycles. The van der Waals surface area contributed by atoms with Gasteiger partial charge in [0.1, 0.15) is 6.04 Å². The fraction of sp³-hybridized carbons (Fsp3) is 0.667. The maximum Gasteiger partial charge on any atom is 0.320 e. The van der Waals surface area contributed by atoms with Crippen LogP contribution in [0.4, 0.5) is 0 Å². The molecule has 1 fully saturated rings. The fourth-order valence-electron chi connectivity index (χ4n) is 2.41. The maximum atomic E-state index is 11.0. The number of hydrogen-bond acceptors (Lipinski definition) is 3. The summed E-state index contributed by atoms with van der Waals surface area (Å²) in [5.74, 6) is -0.376. The molecule has 1 aromatic rings. The Kier molecular flexibility index (Phi) is 3.47. The van der Waals surface area contributed by atoms with E-state index in [1.807, 2.05) is 24.2 Å². The Hall–Kier alpha value is -1.36. The summed E-state index contributed by atoms with van der Waals surface area (Å²) in [5, 5.41) is 13.4. The highest BCUT2D eigenvalue weighted by molar-refractivity contribution is 5.72. The molecule has 1 aromatic heterocycles. The second-order valence-corrected chi connectivity index (χ2v) is 4.76. The number of carboxylic acid groups (broad SMARTS) is 1. The van der Waals surface area contributed by atoms with E-state index < -0.39 is 12.0 Å². The van der Waals surface area contributed by atoms with Crippen molar-refractivity contribution in [3.05, 3.63) is 18.0 Å². The molecule has 0 radical (unpaired) electrons. The molecule has 0 bridgehead atoms. The zero-order valence-electron chi connectivity index (χ0n) is 10.3. The number of likely N-dealkylation sites (tertiary alicyclic amines) is 1. The van der Waals surface area contributed by atoms with Crippen molar-refractivity contribution in [2.45, 2.75) is 31.7 Å². The summed E-state index contributed by atoms with van der Waals surface area (Å²) in [5.41, 5.74) is 1.08. The summed E-state index contributed by atoms with van der Waals surface area (Å²) in [7, 11) is 1.91. The van der Waals surface area contributed by atoms with Crippen LogP contribution in [0.1, 0.15) is 31.4 Å². The topological polar surface area (TPSA) is 58.4 Å². The first kappa shape index (κ1) is 12.1. The van der Waals surface area contributed by atoms with Crippen LogP contribution in [-0.4, -0.2) is 44.9 Å². The highest BCUT2D eigenvalue weighted by Gasteiger charge is 2.28. The third kappa shape index (κ3) is 2.66. The summed E-state index contributed by atoms with van der Waals surface area (Å²) in [6.07, 6.45) is 4.08. The monoisotopic (exact) mass is 237 g/mol. The number of nitrogens with zero attached hydrogens (tertiary/aromatic N) is 3. The van der Waals surface area contributed by atoms with E-state index in [2.05, 4.69) is 5.10 Å². The minimum absolute atomic E-state index is 0.367. The summed E-state index contributed by atoms with van der Waals surface area (Å²) in [6, 6.07) is 1.63. The maximum absolute atomic E-state index is 11.0. The van der Waals surface area contributed by atoms with Crippen LogP contribution in [0.15, 0.2) is 12.3 Å². The molecule has 2 atom stereocenters. The molecule has 2 rings (SSSR count). The molecule has 1 saturated heterocycles. The molecular formula is C12H19N3O2. The van der Waals surface area contributed by atoms with Gasteiger partial charge >= 0.3 is 5.97 Å². The van der Waals surface area contributed by atoms with Crippen LogP contribution in [0.25, 0.3) is 0 Å². The van der Waals surface area contributed by atoms with E-state index in [0.29, 0.717) is 5.92 Å². The van der Waals surface area contributed by atoms with Gasteiger partial charge in [-0.2, -0.15) is 5.10 Å². The van der Waals surface area contributed by atoms with Crippen molar-refractivity contribution in [3.63, 3.8) is 0 Å². The molecule has 2 heterocycles. The van der Waals surface area contributed by atoms with Crippen LogP contribution in [0, 0.1) is 0 Å². The van der Waals surface area contributed by atoms with E-state index >= 15 is 0 Å². The second kappa shape index (κ2) is 4.87. The van der Waals surface area contributed by atoms with Crippen LogP contribution in [-0.2, 0) is 11.8 Å². The number of aromatic nitrogens is 2. The van der Waals surface area contributed by atoms with Gasteiger partial charge < -0.3 is 5.11 Å². The zero-order valence-corrected chi connectivity index (χ0v) is 10.3. The van der Waals surface area contributed by atoms with E-state index in [9.17, 15) is 4.79 Å². The number of carboxylic acids is 1. The molecule has 5 heteroatoms. The average Bonchev–Trinajstić information content (AvgIpc) is 2.75. The normalized spacial score (nSPS) is 23.5. The van der Waals surface area contributed by atoms with Gasteiger partial charge in [0.15, 0.2) is 0 Å². The number of aryl methyl sites for hydroxylation is 1. The lowest BCUT2D eigenvalue weighted by molar-refractivity contribution is -0.143. The SMILES string of the molecule is CC(C(=O)O)N1CCCC(c2ccn(C)n2)C1. The van der Waals surface area contributed by atoms with E-state index in [-0.39, 0.29) is 0 Å². The van der Waals surface area contributed by atoms with Crippen LogP contribution in [0.5, 0.6) is 0 Å². The molecule has 1 aliphatic heterocycles. The van der Waals surface area contributed by atoms with Crippen molar-refractivity contribution >= 4 is 5.97 Å². The Morgan fingerprint density at radius 1 is 1.65 bits per heavy atom. The first-order chi connectivity index (χ1) is 8.08. The third-order valence-electron chi connectivity index (χ3n) is 3.51. The Bertz CT molecular complexity index is 402. The second-order valence-electron chi connectivity index (χ2n) is 4.76. The standard InChI is InChI=1S/C12H19N3O2/c1-9(12(16)17)15-6-3-4-10(8-15)11-5-7-14(2)13-11/h5,7,9-10H,3-4,6,8H2,1-2H3,(H,16,17). The minimum Gasteiger partial charge on any atom is -0.480 e. The molecule has 1 aliphatic rings. The number of carbonyl (C=O) groups is 1. The van der Waals surface area contributed by atoms with Crippen molar-refractivity contribution in [2.24, 2.45) is 7.05 Å². The van der Waals surface area contributed by atoms with Crippen LogP contribution < -0.4 is 0 Å². The van der Waals surface area contributed by atoms with Gasteiger partial charge in [-0.25, -0.2) is 0 Å². The molecule has 5 nitrogen and oxygen atoms in total. The van der Waals surface area contributed by atoms with Gasteiger partial charge in [0.25, 0.3) is 0 Å². The quantitative estimate of drug-likeness (QED) is 0.854. The van der Waals surface area contributed by atoms with Gasteiger partial charge in [0.2, 0.25) is 0 Å². The van der Waals surface area contributed by atoms with E-state index in [1.165, 1.54) is 0 Å². The summed E-state index contributed by atoms with van der Waals surface area (Å²) in [6.45, 7) is 3.42. The summed E-state index contributed by atoms with van der Waals surface area (Å²) < 4.78 is 1.80. The Morgan fingerprint density at radius 3 is 3.00 bits per heavy atom. The highest BCUT2D eigenvalue weighted by Crippen LogP contribution is 2.26. The lowest BCUT2D eigenvalue weighted by Gasteiger charge is -2.34. The predicted molar refractivity (Wildman–Crippen MR) is 63.9 cm³/mol. The molecule has 0 saturated carbocycles. The summed E-state index contributed by atoms with van der Waals surface area (Å²) in [4.78, 5) is 13.0. The van der Waals surface area contributed by atoms with Crippen molar-refractivity contribution in [1.82, 2.24) is 14.7 Å². The molecule has 17 heavy (non-hydrogen) atoms. The van der Waals surface area contributed by atoms with E-state index in [4.69, 9.17) is 5.11 Å². The Morgan fingerprint density at radius 2 is 2.41 bits per heavy atom. The Balaban J connectivity index is 2.04. The lowest BCUT2D eigenvalue weighted by atomic mass is 9.94. The first-order valence-corrected chi connectivity index (χ1v) is 6.04. The van der Waals surface area contributed by atoms with E-state index in [1.54, 1.807) is 11.6 Å². The van der Waals surface area contributed by atoms with Gasteiger partial charge in [-0.05, 0) is 32.4 Å². The van der Waals surface area contributed by atoms with Crippen molar-refractivity contribution in [3.8, 4) is 0 Å². The smallest absolute Gasteiger partial charge is 0.320 e. The first-order valence-electron chi connectivity index (χ1n) is 6.04. The predicted octanol–water partition coefficient (Wildman–Crippen LogP) is 1.07. The molecule has 2 unspecified atom stereocenters. The van der Waals surface area contributed by atoms with Crippen LogP contribution >= 0.6 is 0 Å². The average molecular weight is 237 g/mol. The fourth-order valence-corrected chi connectivity index (χ4v) is 2.41. The number of aliphatic carboxylic acids is 1.